The van der Waals surface area contributed by atoms with E-state index in [1.807, 2.05) is 0 Å². The van der Waals surface area contributed by atoms with Gasteiger partial charge in [0.25, 0.3) is 0 Å². The molecule has 2 aliphatic heterocycles. The van der Waals surface area contributed by atoms with Crippen LogP contribution in [0.15, 0.2) is 35.3 Å². The highest BCUT2D eigenvalue weighted by atomic mass is 127. The molecule has 8 heteroatoms. The van der Waals surface area contributed by atoms with Crippen LogP contribution < -0.4 is 5.32 Å². The largest absolute Gasteiger partial charge is 0.353 e. The molecule has 0 aliphatic carbocycles. The fourth-order valence-electron chi connectivity index (χ4n) is 4.75. The zero-order valence-corrected chi connectivity index (χ0v) is 23.2. The van der Waals surface area contributed by atoms with E-state index >= 15 is 0 Å². The van der Waals surface area contributed by atoms with Gasteiger partial charge in [0.05, 0.1) is 0 Å². The third kappa shape index (κ3) is 8.40. The third-order valence-corrected chi connectivity index (χ3v) is 6.82. The summed E-state index contributed by atoms with van der Waals surface area (Å²) in [4.78, 5) is 26.0. The lowest BCUT2D eigenvalue weighted by Crippen LogP contribution is -2.50. The van der Waals surface area contributed by atoms with Crippen LogP contribution in [0.4, 0.5) is 0 Å². The first-order valence-corrected chi connectivity index (χ1v) is 12.3. The van der Waals surface area contributed by atoms with E-state index in [1.54, 1.807) is 19.0 Å². The molecule has 0 aromatic heterocycles. The molecule has 1 atom stereocenters. The van der Waals surface area contributed by atoms with Crippen molar-refractivity contribution < 1.29 is 4.79 Å². The van der Waals surface area contributed by atoms with Crippen molar-refractivity contribution in [3.63, 3.8) is 0 Å². The van der Waals surface area contributed by atoms with Gasteiger partial charge in [-0.1, -0.05) is 44.2 Å². The van der Waals surface area contributed by atoms with Crippen molar-refractivity contribution >= 4 is 35.8 Å². The average molecular weight is 571 g/mol. The Labute approximate surface area is 217 Å². The fourth-order valence-corrected chi connectivity index (χ4v) is 4.75. The Hall–Kier alpha value is -1.39. The number of hydrogen-bond acceptors (Lipinski definition) is 4. The molecule has 2 fully saturated rings. The molecule has 1 N–H and O–H groups in total. The van der Waals surface area contributed by atoms with Gasteiger partial charge in [-0.2, -0.15) is 0 Å². The van der Waals surface area contributed by atoms with Crippen LogP contribution in [0.25, 0.3) is 0 Å². The quantitative estimate of drug-likeness (QED) is 0.296. The highest BCUT2D eigenvalue weighted by Gasteiger charge is 2.30. The van der Waals surface area contributed by atoms with Gasteiger partial charge in [-0.3, -0.25) is 14.6 Å². The van der Waals surface area contributed by atoms with E-state index in [4.69, 9.17) is 4.99 Å². The Morgan fingerprint density at radius 1 is 1.06 bits per heavy atom. The Morgan fingerprint density at radius 2 is 1.73 bits per heavy atom. The van der Waals surface area contributed by atoms with E-state index in [1.165, 1.54) is 5.56 Å². The summed E-state index contributed by atoms with van der Waals surface area (Å²) < 4.78 is 0. The summed E-state index contributed by atoms with van der Waals surface area (Å²) >= 11 is 0. The number of rotatable bonds is 8. The monoisotopic (exact) mass is 570 g/mol. The molecule has 2 aliphatic rings. The van der Waals surface area contributed by atoms with Crippen LogP contribution in [-0.4, -0.2) is 103 Å². The van der Waals surface area contributed by atoms with E-state index in [2.05, 4.69) is 64.2 Å². The van der Waals surface area contributed by atoms with Crippen LogP contribution in [0.1, 0.15) is 38.7 Å². The Morgan fingerprint density at radius 3 is 2.33 bits per heavy atom. The molecule has 0 saturated carbocycles. The highest BCUT2D eigenvalue weighted by molar-refractivity contribution is 14.0. The van der Waals surface area contributed by atoms with Gasteiger partial charge >= 0.3 is 0 Å². The Kier molecular flexibility index (Phi) is 11.9. The first-order valence-electron chi connectivity index (χ1n) is 12.3. The molecule has 3 rings (SSSR count). The zero-order chi connectivity index (χ0) is 22.9. The summed E-state index contributed by atoms with van der Waals surface area (Å²) in [6.07, 6.45) is 3.35. The van der Waals surface area contributed by atoms with Gasteiger partial charge < -0.3 is 15.1 Å². The SMILES string of the molecule is CCN(CC)C1CCN(C(=NCC(=O)N(C)C)NC2CCN(Cc3ccccc3)CC2)C1.I. The molecule has 1 aromatic rings. The number of likely N-dealkylation sites (tertiary alicyclic amines) is 2. The van der Waals surface area contributed by atoms with Crippen molar-refractivity contribution in [1.29, 1.82) is 0 Å². The zero-order valence-electron chi connectivity index (χ0n) is 20.9. The van der Waals surface area contributed by atoms with Crippen molar-refractivity contribution in [2.45, 2.75) is 51.7 Å². The van der Waals surface area contributed by atoms with E-state index < -0.39 is 0 Å². The van der Waals surface area contributed by atoms with Crippen molar-refractivity contribution in [3.05, 3.63) is 35.9 Å². The van der Waals surface area contributed by atoms with Gasteiger partial charge in [-0.15, -0.1) is 24.0 Å². The molecule has 33 heavy (non-hydrogen) atoms. The number of aliphatic imine (C=N–C) groups is 1. The number of likely N-dealkylation sites (N-methyl/N-ethyl adjacent to an activating group) is 2. The van der Waals surface area contributed by atoms with Crippen LogP contribution in [0.5, 0.6) is 0 Å². The maximum Gasteiger partial charge on any atom is 0.243 e. The van der Waals surface area contributed by atoms with Crippen molar-refractivity contribution in [3.8, 4) is 0 Å². The summed E-state index contributed by atoms with van der Waals surface area (Å²) in [5, 5.41) is 3.73. The number of guanidine groups is 1. The topological polar surface area (TPSA) is 54.4 Å². The van der Waals surface area contributed by atoms with Gasteiger partial charge in [0, 0.05) is 58.9 Å². The number of nitrogens with one attached hydrogen (secondary N) is 1. The predicted octanol–water partition coefficient (Wildman–Crippen LogP) is 2.72. The molecule has 2 heterocycles. The highest BCUT2D eigenvalue weighted by Crippen LogP contribution is 2.18. The van der Waals surface area contributed by atoms with Crippen molar-refractivity contribution in [1.82, 2.24) is 24.9 Å². The van der Waals surface area contributed by atoms with Gasteiger partial charge in [-0.25, -0.2) is 4.99 Å². The van der Waals surface area contributed by atoms with Crippen LogP contribution in [0.3, 0.4) is 0 Å². The second-order valence-corrected chi connectivity index (χ2v) is 9.22. The van der Waals surface area contributed by atoms with Gasteiger partial charge in [0.2, 0.25) is 5.91 Å². The van der Waals surface area contributed by atoms with Crippen molar-refractivity contribution in [2.24, 2.45) is 4.99 Å². The van der Waals surface area contributed by atoms with Gasteiger partial charge in [0.15, 0.2) is 5.96 Å². The molecular formula is C25H43IN6O. The summed E-state index contributed by atoms with van der Waals surface area (Å²) in [5.41, 5.74) is 1.38. The first kappa shape index (κ1) is 27.9. The molecule has 1 unspecified atom stereocenters. The molecule has 7 nitrogen and oxygen atoms in total. The van der Waals surface area contributed by atoms with Crippen LogP contribution in [-0.2, 0) is 11.3 Å². The van der Waals surface area contributed by atoms with E-state index in [9.17, 15) is 4.79 Å². The normalized spacial score (nSPS) is 20.1. The van der Waals surface area contributed by atoms with E-state index in [0.29, 0.717) is 12.1 Å². The second kappa shape index (κ2) is 14.1. The smallest absolute Gasteiger partial charge is 0.243 e. The number of carbonyl (C=O) groups excluding carboxylic acids is 1. The Bertz CT molecular complexity index is 732. The molecule has 0 spiro atoms. The summed E-state index contributed by atoms with van der Waals surface area (Å²) in [5.74, 6) is 0.956. The lowest BCUT2D eigenvalue weighted by atomic mass is 10.0. The summed E-state index contributed by atoms with van der Waals surface area (Å²) in [6, 6.07) is 11.7. The standard InChI is InChI=1S/C25H42N6O.HI/c1-5-30(6-2)23-14-17-31(20-23)25(26-18-24(32)28(3)4)27-22-12-15-29(16-13-22)19-21-10-8-7-9-11-21;/h7-11,22-23H,5-6,12-20H2,1-4H3,(H,26,27);1H. The minimum Gasteiger partial charge on any atom is -0.353 e. The lowest BCUT2D eigenvalue weighted by molar-refractivity contribution is -0.127. The fraction of sp³-hybridized carbons (Fsp3) is 0.680. The third-order valence-electron chi connectivity index (χ3n) is 6.82. The van der Waals surface area contributed by atoms with Crippen molar-refractivity contribution in [2.75, 3.05) is 59.9 Å². The number of piperidine rings is 1. The lowest BCUT2D eigenvalue weighted by Gasteiger charge is -2.35. The maximum atomic E-state index is 12.2. The minimum absolute atomic E-state index is 0. The van der Waals surface area contributed by atoms with E-state index in [0.717, 1.165) is 71.0 Å². The van der Waals surface area contributed by atoms with Crippen LogP contribution >= 0.6 is 24.0 Å². The number of nitrogens with zero attached hydrogens (tertiary/aromatic N) is 5. The summed E-state index contributed by atoms with van der Waals surface area (Å²) in [6.45, 7) is 12.0. The first-order chi connectivity index (χ1) is 15.5. The van der Waals surface area contributed by atoms with E-state index in [-0.39, 0.29) is 36.4 Å². The number of benzene rings is 1. The molecular weight excluding hydrogens is 527 g/mol. The number of halogens is 1. The molecule has 0 radical (unpaired) electrons. The van der Waals surface area contributed by atoms with Gasteiger partial charge in [0.1, 0.15) is 6.54 Å². The molecule has 2 saturated heterocycles. The molecule has 186 valence electrons. The average Bonchev–Trinajstić information content (AvgIpc) is 3.29. The minimum atomic E-state index is 0. The molecule has 0 bridgehead atoms. The Balaban J connectivity index is 0.00000385. The van der Waals surface area contributed by atoms with Gasteiger partial charge in [-0.05, 0) is 37.9 Å². The van der Waals surface area contributed by atoms with Crippen LogP contribution in [0.2, 0.25) is 0 Å². The number of hydrogen-bond donors (Lipinski definition) is 1. The number of amides is 1. The molecule has 1 aromatic carbocycles. The van der Waals surface area contributed by atoms with Crippen LogP contribution in [0, 0.1) is 0 Å². The maximum absolute atomic E-state index is 12.2. The second-order valence-electron chi connectivity index (χ2n) is 9.22. The number of carbonyl (C=O) groups is 1. The summed E-state index contributed by atoms with van der Waals surface area (Å²) in [7, 11) is 3.58. The molecule has 1 amide bonds. The predicted molar refractivity (Wildman–Crippen MR) is 147 cm³/mol.